The summed E-state index contributed by atoms with van der Waals surface area (Å²) in [7, 11) is 0. The van der Waals surface area contributed by atoms with Gasteiger partial charge in [0.1, 0.15) is 6.54 Å². The van der Waals surface area contributed by atoms with E-state index >= 15 is 0 Å². The van der Waals surface area contributed by atoms with Gasteiger partial charge in [-0.3, -0.25) is 4.79 Å². The lowest BCUT2D eigenvalue weighted by molar-refractivity contribution is -0.134. The Morgan fingerprint density at radius 2 is 2.28 bits per heavy atom. The topological polar surface area (TPSA) is 47.9 Å². The molecule has 1 amide bonds. The molecular weight excluding hydrogens is 336 g/mol. The molecule has 2 rings (SSSR count). The lowest BCUT2D eigenvalue weighted by Crippen LogP contribution is -2.58. The Balaban J connectivity index is 1.98. The maximum Gasteiger partial charge on any atom is 0.227 e. The summed E-state index contributed by atoms with van der Waals surface area (Å²) in [5.74, 6) is 3.48. The maximum absolute atomic E-state index is 12.7. The van der Waals surface area contributed by atoms with Crippen LogP contribution in [0.3, 0.4) is 0 Å². The molecule has 0 spiro atoms. The second-order valence-electron chi connectivity index (χ2n) is 6.06. The Morgan fingerprint density at radius 1 is 1.48 bits per heavy atom. The second kappa shape index (κ2) is 9.33. The average molecular weight is 361 g/mol. The van der Waals surface area contributed by atoms with Gasteiger partial charge in [0.2, 0.25) is 5.91 Å². The molecule has 1 aliphatic rings. The number of hydrogen-bond donors (Lipinski definition) is 1. The van der Waals surface area contributed by atoms with E-state index in [0.717, 1.165) is 31.2 Å². The van der Waals surface area contributed by atoms with Crippen LogP contribution in [0.4, 0.5) is 0 Å². The number of hydrogen-bond acceptors (Lipinski definition) is 2. The number of nitrogens with zero attached hydrogens (tertiary/aromatic N) is 3. The highest BCUT2D eigenvalue weighted by Crippen LogP contribution is 2.15. The minimum Gasteiger partial charge on any atom is -0.356 e. The van der Waals surface area contributed by atoms with Crippen molar-refractivity contribution in [3.8, 4) is 12.3 Å². The van der Waals surface area contributed by atoms with Crippen molar-refractivity contribution < 1.29 is 4.79 Å². The van der Waals surface area contributed by atoms with E-state index in [0.29, 0.717) is 24.5 Å². The van der Waals surface area contributed by atoms with E-state index in [1.807, 2.05) is 36.1 Å². The first kappa shape index (κ1) is 19.1. The van der Waals surface area contributed by atoms with Gasteiger partial charge in [-0.05, 0) is 31.5 Å². The standard InChI is InChI=1S/C19H25ClN4O/c1-4-9-22-19(21-5-2)23-10-11-24(15(3)14-23)18(25)13-16-7-6-8-17(20)12-16/h1,6-8,12,15H,5,9-11,13-14H2,2-3H3,(H,21,22). The van der Waals surface area contributed by atoms with Crippen molar-refractivity contribution in [2.45, 2.75) is 26.3 Å². The number of carbonyl (C=O) groups excluding carboxylic acids is 1. The van der Waals surface area contributed by atoms with E-state index in [9.17, 15) is 4.79 Å². The zero-order valence-corrected chi connectivity index (χ0v) is 15.6. The fraction of sp³-hybridized carbons (Fsp3) is 0.474. The highest BCUT2D eigenvalue weighted by Gasteiger charge is 2.28. The lowest BCUT2D eigenvalue weighted by Gasteiger charge is -2.41. The van der Waals surface area contributed by atoms with E-state index in [-0.39, 0.29) is 11.9 Å². The van der Waals surface area contributed by atoms with Gasteiger partial charge in [-0.2, -0.15) is 0 Å². The average Bonchev–Trinajstić information content (AvgIpc) is 2.58. The fourth-order valence-electron chi connectivity index (χ4n) is 2.99. The predicted molar refractivity (Wildman–Crippen MR) is 103 cm³/mol. The number of piperazine rings is 1. The number of aliphatic imine (C=N–C) groups is 1. The molecule has 1 fully saturated rings. The number of guanidine groups is 1. The molecule has 0 saturated carbocycles. The van der Waals surface area contributed by atoms with Crippen molar-refractivity contribution in [2.75, 3.05) is 32.7 Å². The summed E-state index contributed by atoms with van der Waals surface area (Å²) in [5, 5.41) is 3.92. The zero-order valence-electron chi connectivity index (χ0n) is 14.8. The van der Waals surface area contributed by atoms with Gasteiger partial charge >= 0.3 is 0 Å². The summed E-state index contributed by atoms with van der Waals surface area (Å²) in [6.07, 6.45) is 5.68. The molecular formula is C19H25ClN4O. The van der Waals surface area contributed by atoms with E-state index < -0.39 is 0 Å². The Kier molecular flexibility index (Phi) is 7.15. The van der Waals surface area contributed by atoms with Crippen LogP contribution in [0.2, 0.25) is 5.02 Å². The SMILES string of the molecule is C#CCN=C(NCC)N1CCN(C(=O)Cc2cccc(Cl)c2)C(C)C1. The summed E-state index contributed by atoms with van der Waals surface area (Å²) in [5.41, 5.74) is 0.941. The maximum atomic E-state index is 12.7. The Bertz CT molecular complexity index is 668. The van der Waals surface area contributed by atoms with Gasteiger partial charge < -0.3 is 15.1 Å². The highest BCUT2D eigenvalue weighted by molar-refractivity contribution is 6.30. The molecule has 1 aliphatic heterocycles. The molecule has 1 N–H and O–H groups in total. The van der Waals surface area contributed by atoms with Gasteiger partial charge in [-0.1, -0.05) is 29.7 Å². The molecule has 5 nitrogen and oxygen atoms in total. The van der Waals surface area contributed by atoms with Crippen LogP contribution in [0.25, 0.3) is 0 Å². The zero-order chi connectivity index (χ0) is 18.2. The molecule has 1 aromatic carbocycles. The Morgan fingerprint density at radius 3 is 2.92 bits per heavy atom. The summed E-state index contributed by atoms with van der Waals surface area (Å²) < 4.78 is 0. The highest BCUT2D eigenvalue weighted by atomic mass is 35.5. The molecule has 0 aromatic heterocycles. The van der Waals surface area contributed by atoms with Gasteiger partial charge in [0.15, 0.2) is 5.96 Å². The number of benzene rings is 1. The van der Waals surface area contributed by atoms with E-state index in [1.54, 1.807) is 0 Å². The van der Waals surface area contributed by atoms with Crippen LogP contribution in [0.1, 0.15) is 19.4 Å². The smallest absolute Gasteiger partial charge is 0.227 e. The third-order valence-corrected chi connectivity index (χ3v) is 4.38. The summed E-state index contributed by atoms with van der Waals surface area (Å²) >= 11 is 6.00. The molecule has 134 valence electrons. The number of nitrogens with one attached hydrogen (secondary N) is 1. The third-order valence-electron chi connectivity index (χ3n) is 4.15. The van der Waals surface area contributed by atoms with Crippen molar-refractivity contribution in [3.05, 3.63) is 34.9 Å². The van der Waals surface area contributed by atoms with Crippen molar-refractivity contribution in [3.63, 3.8) is 0 Å². The molecule has 0 radical (unpaired) electrons. The van der Waals surface area contributed by atoms with Gasteiger partial charge in [-0.25, -0.2) is 4.99 Å². The fourth-order valence-corrected chi connectivity index (χ4v) is 3.20. The van der Waals surface area contributed by atoms with Gasteiger partial charge in [-0.15, -0.1) is 6.42 Å². The molecule has 25 heavy (non-hydrogen) atoms. The monoisotopic (exact) mass is 360 g/mol. The Labute approximate surface area is 155 Å². The molecule has 1 unspecified atom stereocenters. The van der Waals surface area contributed by atoms with Crippen LogP contribution in [0.5, 0.6) is 0 Å². The number of terminal acetylenes is 1. The molecule has 0 aliphatic carbocycles. The number of amides is 1. The third kappa shape index (κ3) is 5.40. The van der Waals surface area contributed by atoms with E-state index in [2.05, 4.69) is 28.1 Å². The van der Waals surface area contributed by atoms with Crippen molar-refractivity contribution in [1.29, 1.82) is 0 Å². The van der Waals surface area contributed by atoms with Crippen LogP contribution < -0.4 is 5.32 Å². The Hall–Kier alpha value is -2.19. The largest absolute Gasteiger partial charge is 0.356 e. The normalized spacial score (nSPS) is 18.0. The van der Waals surface area contributed by atoms with Crippen molar-refractivity contribution in [2.24, 2.45) is 4.99 Å². The number of rotatable bonds is 4. The van der Waals surface area contributed by atoms with Crippen LogP contribution >= 0.6 is 11.6 Å². The van der Waals surface area contributed by atoms with Crippen LogP contribution in [0.15, 0.2) is 29.3 Å². The quantitative estimate of drug-likeness (QED) is 0.507. The van der Waals surface area contributed by atoms with Gasteiger partial charge in [0, 0.05) is 37.2 Å². The first-order valence-electron chi connectivity index (χ1n) is 8.55. The van der Waals surface area contributed by atoms with Crippen molar-refractivity contribution in [1.82, 2.24) is 15.1 Å². The van der Waals surface area contributed by atoms with Crippen molar-refractivity contribution >= 4 is 23.5 Å². The lowest BCUT2D eigenvalue weighted by atomic mass is 10.1. The molecule has 6 heteroatoms. The van der Waals surface area contributed by atoms with Gasteiger partial charge in [0.25, 0.3) is 0 Å². The summed E-state index contributed by atoms with van der Waals surface area (Å²) in [6.45, 7) is 7.36. The summed E-state index contributed by atoms with van der Waals surface area (Å²) in [6, 6.07) is 7.57. The number of carbonyl (C=O) groups is 1. The van der Waals surface area contributed by atoms with Gasteiger partial charge in [0.05, 0.1) is 6.42 Å². The van der Waals surface area contributed by atoms with Crippen LogP contribution in [0, 0.1) is 12.3 Å². The molecule has 1 saturated heterocycles. The van der Waals surface area contributed by atoms with Crippen LogP contribution in [-0.2, 0) is 11.2 Å². The molecule has 1 heterocycles. The minimum absolute atomic E-state index is 0.107. The predicted octanol–water partition coefficient (Wildman–Crippen LogP) is 2.01. The molecule has 1 aromatic rings. The molecule has 1 atom stereocenters. The first-order chi connectivity index (χ1) is 12.0. The summed E-state index contributed by atoms with van der Waals surface area (Å²) in [4.78, 5) is 21.2. The van der Waals surface area contributed by atoms with E-state index in [1.165, 1.54) is 0 Å². The first-order valence-corrected chi connectivity index (χ1v) is 8.93. The molecule has 0 bridgehead atoms. The van der Waals surface area contributed by atoms with E-state index in [4.69, 9.17) is 18.0 Å². The number of halogens is 1. The van der Waals surface area contributed by atoms with Crippen LogP contribution in [-0.4, -0.2) is 60.4 Å². The second-order valence-corrected chi connectivity index (χ2v) is 6.50. The minimum atomic E-state index is 0.107.